The van der Waals surface area contributed by atoms with Crippen LogP contribution in [0.1, 0.15) is 49.4 Å². The first-order valence-electron chi connectivity index (χ1n) is 6.07. The zero-order valence-corrected chi connectivity index (χ0v) is 10.1. The molecule has 0 bridgehead atoms. The number of hydrogen-bond donors (Lipinski definition) is 2. The number of aromatic nitrogens is 1. The quantitative estimate of drug-likeness (QED) is 0.844. The lowest BCUT2D eigenvalue weighted by Crippen LogP contribution is -2.37. The molecule has 1 aromatic rings. The van der Waals surface area contributed by atoms with Crippen LogP contribution >= 0.6 is 0 Å². The molecule has 2 rings (SSSR count). The second kappa shape index (κ2) is 4.73. The Morgan fingerprint density at radius 3 is 2.59 bits per heavy atom. The number of aromatic carboxylic acids is 1. The molecule has 1 saturated carbocycles. The third kappa shape index (κ3) is 2.96. The smallest absolute Gasteiger partial charge is 0.337 e. The number of anilines is 1. The minimum Gasteiger partial charge on any atom is -0.478 e. The van der Waals surface area contributed by atoms with E-state index >= 15 is 0 Å². The van der Waals surface area contributed by atoms with Gasteiger partial charge in [0.2, 0.25) is 0 Å². The molecule has 0 radical (unpaired) electrons. The van der Waals surface area contributed by atoms with Crippen molar-refractivity contribution in [2.24, 2.45) is 0 Å². The molecule has 0 amide bonds. The van der Waals surface area contributed by atoms with Crippen LogP contribution in [0.15, 0.2) is 18.3 Å². The minimum atomic E-state index is -0.937. The van der Waals surface area contributed by atoms with Crippen molar-refractivity contribution < 1.29 is 9.90 Å². The molecule has 4 heteroatoms. The van der Waals surface area contributed by atoms with E-state index in [9.17, 15) is 4.79 Å². The molecule has 1 fully saturated rings. The first-order chi connectivity index (χ1) is 8.09. The van der Waals surface area contributed by atoms with E-state index in [1.807, 2.05) is 0 Å². The Morgan fingerprint density at radius 2 is 2.06 bits per heavy atom. The summed E-state index contributed by atoms with van der Waals surface area (Å²) < 4.78 is 0. The molecule has 1 aliphatic carbocycles. The summed E-state index contributed by atoms with van der Waals surface area (Å²) in [4.78, 5) is 14.9. The lowest BCUT2D eigenvalue weighted by molar-refractivity contribution is 0.0696. The topological polar surface area (TPSA) is 62.2 Å². The van der Waals surface area contributed by atoms with E-state index in [1.165, 1.54) is 25.5 Å². The summed E-state index contributed by atoms with van der Waals surface area (Å²) in [6, 6.07) is 3.33. The van der Waals surface area contributed by atoms with Crippen LogP contribution in [0, 0.1) is 0 Å². The Kier molecular flexibility index (Phi) is 3.31. The number of carbonyl (C=O) groups is 1. The normalized spacial score (nSPS) is 18.6. The Bertz CT molecular complexity index is 394. The zero-order chi connectivity index (χ0) is 12.3. The third-order valence-electron chi connectivity index (χ3n) is 3.40. The van der Waals surface area contributed by atoms with Gasteiger partial charge in [0, 0.05) is 11.7 Å². The van der Waals surface area contributed by atoms with Gasteiger partial charge in [-0.1, -0.05) is 19.3 Å². The highest BCUT2D eigenvalue weighted by molar-refractivity contribution is 5.87. The zero-order valence-electron chi connectivity index (χ0n) is 10.1. The highest BCUT2D eigenvalue weighted by Gasteiger charge is 2.26. The van der Waals surface area contributed by atoms with E-state index in [4.69, 9.17) is 5.11 Å². The van der Waals surface area contributed by atoms with Gasteiger partial charge in [-0.15, -0.1) is 0 Å². The number of hydrogen-bond acceptors (Lipinski definition) is 3. The van der Waals surface area contributed by atoms with Crippen molar-refractivity contribution in [3.8, 4) is 0 Å². The summed E-state index contributed by atoms with van der Waals surface area (Å²) >= 11 is 0. The molecule has 0 aliphatic heterocycles. The number of nitrogens with one attached hydrogen (secondary N) is 1. The lowest BCUT2D eigenvalue weighted by atomic mass is 9.83. The maximum absolute atomic E-state index is 10.7. The van der Waals surface area contributed by atoms with E-state index in [1.54, 1.807) is 12.1 Å². The summed E-state index contributed by atoms with van der Waals surface area (Å²) in [6.07, 6.45) is 7.50. The molecule has 17 heavy (non-hydrogen) atoms. The minimum absolute atomic E-state index is 0.107. The fraction of sp³-hybridized carbons (Fsp3) is 0.538. The fourth-order valence-corrected chi connectivity index (χ4v) is 2.36. The van der Waals surface area contributed by atoms with Crippen LogP contribution in [0.5, 0.6) is 0 Å². The molecule has 1 aromatic heterocycles. The number of nitrogens with zero attached hydrogens (tertiary/aromatic N) is 1. The maximum Gasteiger partial charge on any atom is 0.337 e. The van der Waals surface area contributed by atoms with E-state index in [0.29, 0.717) is 0 Å². The molecule has 0 saturated heterocycles. The SMILES string of the molecule is CC1(Nc2ccc(C(=O)O)cn2)CCCCC1. The summed E-state index contributed by atoms with van der Waals surface area (Å²) in [5.41, 5.74) is 0.333. The Hall–Kier alpha value is -1.58. The summed E-state index contributed by atoms with van der Waals surface area (Å²) in [7, 11) is 0. The van der Waals surface area contributed by atoms with Crippen molar-refractivity contribution in [1.29, 1.82) is 0 Å². The van der Waals surface area contributed by atoms with Crippen LogP contribution in [0.4, 0.5) is 5.82 Å². The van der Waals surface area contributed by atoms with Crippen molar-refractivity contribution in [3.63, 3.8) is 0 Å². The molecular weight excluding hydrogens is 216 g/mol. The van der Waals surface area contributed by atoms with Gasteiger partial charge in [-0.3, -0.25) is 0 Å². The predicted molar refractivity (Wildman–Crippen MR) is 66.3 cm³/mol. The van der Waals surface area contributed by atoms with Crippen LogP contribution in [-0.4, -0.2) is 21.6 Å². The van der Waals surface area contributed by atoms with Gasteiger partial charge in [0.25, 0.3) is 0 Å². The molecule has 4 nitrogen and oxygen atoms in total. The van der Waals surface area contributed by atoms with Crippen LogP contribution in [0.3, 0.4) is 0 Å². The Labute approximate surface area is 101 Å². The molecule has 0 aromatic carbocycles. The van der Waals surface area contributed by atoms with Gasteiger partial charge < -0.3 is 10.4 Å². The molecule has 2 N–H and O–H groups in total. The number of carboxylic acids is 1. The summed E-state index contributed by atoms with van der Waals surface area (Å²) in [6.45, 7) is 2.21. The molecule has 92 valence electrons. The van der Waals surface area contributed by atoms with Crippen molar-refractivity contribution >= 4 is 11.8 Å². The average molecular weight is 234 g/mol. The fourth-order valence-electron chi connectivity index (χ4n) is 2.36. The first kappa shape index (κ1) is 11.9. The largest absolute Gasteiger partial charge is 0.478 e. The van der Waals surface area contributed by atoms with Gasteiger partial charge in [0.15, 0.2) is 0 Å². The highest BCUT2D eigenvalue weighted by Crippen LogP contribution is 2.30. The van der Waals surface area contributed by atoms with Gasteiger partial charge in [-0.25, -0.2) is 9.78 Å². The average Bonchev–Trinajstić information content (AvgIpc) is 2.30. The van der Waals surface area contributed by atoms with Crippen molar-refractivity contribution in [2.45, 2.75) is 44.6 Å². The number of carboxylic acid groups (broad SMARTS) is 1. The maximum atomic E-state index is 10.7. The van der Waals surface area contributed by atoms with E-state index in [2.05, 4.69) is 17.2 Å². The third-order valence-corrected chi connectivity index (χ3v) is 3.40. The van der Waals surface area contributed by atoms with E-state index in [0.717, 1.165) is 18.7 Å². The van der Waals surface area contributed by atoms with Gasteiger partial charge in [-0.2, -0.15) is 0 Å². The molecular formula is C13H18N2O2. The van der Waals surface area contributed by atoms with Gasteiger partial charge >= 0.3 is 5.97 Å². The van der Waals surface area contributed by atoms with Crippen LogP contribution in [0.2, 0.25) is 0 Å². The predicted octanol–water partition coefficient (Wildman–Crippen LogP) is 2.91. The van der Waals surface area contributed by atoms with Gasteiger partial charge in [0.05, 0.1) is 5.56 Å². The van der Waals surface area contributed by atoms with E-state index < -0.39 is 5.97 Å². The molecule has 1 aliphatic rings. The van der Waals surface area contributed by atoms with Gasteiger partial charge in [-0.05, 0) is 31.9 Å². The summed E-state index contributed by atoms with van der Waals surface area (Å²) in [5, 5.41) is 12.2. The van der Waals surface area contributed by atoms with Crippen LogP contribution in [0.25, 0.3) is 0 Å². The molecule has 0 unspecified atom stereocenters. The lowest BCUT2D eigenvalue weighted by Gasteiger charge is -2.35. The van der Waals surface area contributed by atoms with Crippen molar-refractivity contribution in [1.82, 2.24) is 4.98 Å². The second-order valence-electron chi connectivity index (χ2n) is 4.98. The summed E-state index contributed by atoms with van der Waals surface area (Å²) in [5.74, 6) is -0.174. The second-order valence-corrected chi connectivity index (χ2v) is 4.98. The Balaban J connectivity index is 2.05. The molecule has 1 heterocycles. The van der Waals surface area contributed by atoms with Crippen LogP contribution in [-0.2, 0) is 0 Å². The number of rotatable bonds is 3. The number of pyridine rings is 1. The van der Waals surface area contributed by atoms with Crippen molar-refractivity contribution in [3.05, 3.63) is 23.9 Å². The van der Waals surface area contributed by atoms with Gasteiger partial charge in [0.1, 0.15) is 5.82 Å². The van der Waals surface area contributed by atoms with Crippen LogP contribution < -0.4 is 5.32 Å². The standard InChI is InChI=1S/C13H18N2O2/c1-13(7-3-2-4-8-13)15-11-6-5-10(9-14-11)12(16)17/h5-6,9H,2-4,7-8H2,1H3,(H,14,15)(H,16,17). The first-order valence-corrected chi connectivity index (χ1v) is 6.07. The van der Waals surface area contributed by atoms with E-state index in [-0.39, 0.29) is 11.1 Å². The van der Waals surface area contributed by atoms with Crippen molar-refractivity contribution in [2.75, 3.05) is 5.32 Å². The molecule has 0 spiro atoms. The highest BCUT2D eigenvalue weighted by atomic mass is 16.4. The molecule has 0 atom stereocenters. The Morgan fingerprint density at radius 1 is 1.35 bits per heavy atom. The monoisotopic (exact) mass is 234 g/mol.